The second-order valence-corrected chi connectivity index (χ2v) is 4.41. The zero-order valence-electron chi connectivity index (χ0n) is 11.1. The molecular weight excluding hydrogens is 228 g/mol. The minimum Gasteiger partial charge on any atom is -0.390 e. The van der Waals surface area contributed by atoms with Crippen molar-refractivity contribution < 1.29 is 14.6 Å². The van der Waals surface area contributed by atoms with Crippen LogP contribution in [0.4, 0.5) is 0 Å². The molecule has 0 aliphatic carbocycles. The van der Waals surface area contributed by atoms with Crippen molar-refractivity contribution in [3.8, 4) is 0 Å². The lowest BCUT2D eigenvalue weighted by molar-refractivity contribution is -0.128. The van der Waals surface area contributed by atoms with Crippen LogP contribution >= 0.6 is 0 Å². The highest BCUT2D eigenvalue weighted by Gasteiger charge is 2.19. The van der Waals surface area contributed by atoms with Crippen molar-refractivity contribution in [2.75, 3.05) is 6.79 Å². The lowest BCUT2D eigenvalue weighted by Crippen LogP contribution is -2.31. The third-order valence-electron chi connectivity index (χ3n) is 2.92. The van der Waals surface area contributed by atoms with Gasteiger partial charge in [0.05, 0.1) is 18.8 Å². The summed E-state index contributed by atoms with van der Waals surface area (Å²) in [6.07, 6.45) is 0.895. The minimum atomic E-state index is -0.553. The summed E-state index contributed by atoms with van der Waals surface area (Å²) >= 11 is 0. The van der Waals surface area contributed by atoms with Gasteiger partial charge in [0, 0.05) is 5.92 Å². The van der Waals surface area contributed by atoms with E-state index in [1.807, 2.05) is 44.2 Å². The first-order valence-electron chi connectivity index (χ1n) is 6.19. The monoisotopic (exact) mass is 250 g/mol. The van der Waals surface area contributed by atoms with Gasteiger partial charge in [-0.05, 0) is 12.5 Å². The number of hydrogen-bond acceptors (Lipinski definition) is 3. The maximum absolute atomic E-state index is 9.85. The molecule has 0 saturated carbocycles. The highest BCUT2D eigenvalue weighted by Crippen LogP contribution is 2.11. The lowest BCUT2D eigenvalue weighted by atomic mass is 10.0. The van der Waals surface area contributed by atoms with E-state index in [1.54, 1.807) is 6.08 Å². The minimum absolute atomic E-state index is 0.00845. The molecule has 1 aromatic carbocycles. The summed E-state index contributed by atoms with van der Waals surface area (Å²) in [4.78, 5) is 0. The van der Waals surface area contributed by atoms with Gasteiger partial charge in [-0.3, -0.25) is 0 Å². The zero-order valence-corrected chi connectivity index (χ0v) is 11.1. The van der Waals surface area contributed by atoms with Crippen molar-refractivity contribution >= 4 is 0 Å². The molecule has 1 aromatic rings. The molecule has 3 nitrogen and oxygen atoms in total. The van der Waals surface area contributed by atoms with Crippen LogP contribution in [0.15, 0.2) is 43.0 Å². The lowest BCUT2D eigenvalue weighted by Gasteiger charge is -2.22. The van der Waals surface area contributed by atoms with Crippen LogP contribution in [0.2, 0.25) is 0 Å². The van der Waals surface area contributed by atoms with E-state index in [9.17, 15) is 5.11 Å². The smallest absolute Gasteiger partial charge is 0.147 e. The Kier molecular flexibility index (Phi) is 6.65. The molecule has 0 unspecified atom stereocenters. The maximum atomic E-state index is 9.85. The average Bonchev–Trinajstić information content (AvgIpc) is 2.42. The summed E-state index contributed by atoms with van der Waals surface area (Å²) in [5.74, 6) is 0.00845. The molecule has 0 heterocycles. The Morgan fingerprint density at radius 1 is 1.28 bits per heavy atom. The van der Waals surface area contributed by atoms with Gasteiger partial charge in [0.1, 0.15) is 6.79 Å². The number of ether oxygens (including phenoxy) is 2. The standard InChI is InChI=1S/C15H22O3/c1-4-12(2)15(16)13(3)18-11-17-10-14-8-6-5-7-9-14/h4-9,12-13,15-16H,1,10-11H2,2-3H3/t12-,13-,15+/m1/s1. The van der Waals surface area contributed by atoms with Gasteiger partial charge in [0.25, 0.3) is 0 Å². The van der Waals surface area contributed by atoms with Crippen LogP contribution in [0.3, 0.4) is 0 Å². The fraction of sp³-hybridized carbons (Fsp3) is 0.467. The average molecular weight is 250 g/mol. The van der Waals surface area contributed by atoms with Crippen molar-refractivity contribution in [3.63, 3.8) is 0 Å². The fourth-order valence-corrected chi connectivity index (χ4v) is 1.55. The molecule has 0 aromatic heterocycles. The van der Waals surface area contributed by atoms with Crippen LogP contribution in [-0.4, -0.2) is 24.1 Å². The zero-order chi connectivity index (χ0) is 13.4. The Balaban J connectivity index is 2.19. The van der Waals surface area contributed by atoms with Gasteiger partial charge in [-0.1, -0.05) is 43.3 Å². The molecule has 1 rings (SSSR count). The molecule has 0 aliphatic rings. The van der Waals surface area contributed by atoms with E-state index in [2.05, 4.69) is 6.58 Å². The van der Waals surface area contributed by atoms with E-state index in [-0.39, 0.29) is 18.8 Å². The molecule has 18 heavy (non-hydrogen) atoms. The quantitative estimate of drug-likeness (QED) is 0.438. The molecule has 3 heteroatoms. The van der Waals surface area contributed by atoms with Crippen LogP contribution in [0.25, 0.3) is 0 Å². The molecule has 0 spiro atoms. The molecule has 100 valence electrons. The summed E-state index contributed by atoms with van der Waals surface area (Å²) in [6, 6.07) is 9.90. The molecule has 0 bridgehead atoms. The molecule has 0 radical (unpaired) electrons. The Bertz CT molecular complexity index is 337. The van der Waals surface area contributed by atoms with Crippen LogP contribution in [0, 0.1) is 5.92 Å². The van der Waals surface area contributed by atoms with Crippen LogP contribution < -0.4 is 0 Å². The van der Waals surface area contributed by atoms with Crippen LogP contribution in [0.5, 0.6) is 0 Å². The van der Waals surface area contributed by atoms with E-state index in [0.717, 1.165) is 5.56 Å². The summed E-state index contributed by atoms with van der Waals surface area (Å²) in [7, 11) is 0. The third-order valence-corrected chi connectivity index (χ3v) is 2.92. The third kappa shape index (κ3) is 5.00. The van der Waals surface area contributed by atoms with E-state index in [1.165, 1.54) is 0 Å². The normalized spacial score (nSPS) is 15.9. The Labute approximate surface area is 109 Å². The molecule has 0 aliphatic heterocycles. The highest BCUT2D eigenvalue weighted by molar-refractivity contribution is 5.13. The first-order valence-corrected chi connectivity index (χ1v) is 6.19. The Hall–Kier alpha value is -1.16. The van der Waals surface area contributed by atoms with Crippen molar-refractivity contribution in [2.24, 2.45) is 5.92 Å². The molecule has 0 saturated heterocycles. The number of hydrogen-bond donors (Lipinski definition) is 1. The van der Waals surface area contributed by atoms with E-state index in [4.69, 9.17) is 9.47 Å². The van der Waals surface area contributed by atoms with Crippen molar-refractivity contribution in [1.82, 2.24) is 0 Å². The van der Waals surface area contributed by atoms with Gasteiger partial charge in [-0.2, -0.15) is 0 Å². The number of rotatable bonds is 8. The SMILES string of the molecule is C=C[C@@H](C)[C@H](O)[C@@H](C)OCOCc1ccccc1. The van der Waals surface area contributed by atoms with Gasteiger partial charge in [-0.25, -0.2) is 0 Å². The molecule has 3 atom stereocenters. The number of aliphatic hydroxyl groups excluding tert-OH is 1. The van der Waals surface area contributed by atoms with Crippen molar-refractivity contribution in [3.05, 3.63) is 48.6 Å². The van der Waals surface area contributed by atoms with Crippen molar-refractivity contribution in [2.45, 2.75) is 32.7 Å². The summed E-state index contributed by atoms with van der Waals surface area (Å²) in [5, 5.41) is 9.85. The van der Waals surface area contributed by atoms with Gasteiger partial charge >= 0.3 is 0 Å². The van der Waals surface area contributed by atoms with E-state index < -0.39 is 6.10 Å². The van der Waals surface area contributed by atoms with Crippen LogP contribution in [-0.2, 0) is 16.1 Å². The first kappa shape index (κ1) is 14.9. The summed E-state index contributed by atoms with van der Waals surface area (Å²) in [5.41, 5.74) is 1.11. The summed E-state index contributed by atoms with van der Waals surface area (Å²) in [6.45, 7) is 8.08. The fourth-order valence-electron chi connectivity index (χ4n) is 1.55. The topological polar surface area (TPSA) is 38.7 Å². The Morgan fingerprint density at radius 2 is 1.94 bits per heavy atom. The molecule has 0 fully saturated rings. The molecule has 0 amide bonds. The van der Waals surface area contributed by atoms with Crippen molar-refractivity contribution in [1.29, 1.82) is 0 Å². The highest BCUT2D eigenvalue weighted by atomic mass is 16.7. The van der Waals surface area contributed by atoms with Gasteiger partial charge in [-0.15, -0.1) is 6.58 Å². The van der Waals surface area contributed by atoms with E-state index >= 15 is 0 Å². The maximum Gasteiger partial charge on any atom is 0.147 e. The van der Waals surface area contributed by atoms with E-state index in [0.29, 0.717) is 6.61 Å². The molecular formula is C15H22O3. The largest absolute Gasteiger partial charge is 0.390 e. The summed E-state index contributed by atoms with van der Waals surface area (Å²) < 4.78 is 10.8. The second kappa shape index (κ2) is 8.03. The number of aliphatic hydroxyl groups is 1. The number of benzene rings is 1. The second-order valence-electron chi connectivity index (χ2n) is 4.41. The van der Waals surface area contributed by atoms with Crippen LogP contribution in [0.1, 0.15) is 19.4 Å². The Morgan fingerprint density at radius 3 is 2.56 bits per heavy atom. The van der Waals surface area contributed by atoms with Gasteiger partial charge < -0.3 is 14.6 Å². The predicted molar refractivity (Wildman–Crippen MR) is 72.0 cm³/mol. The predicted octanol–water partition coefficient (Wildman–Crippen LogP) is 2.75. The molecule has 1 N–H and O–H groups in total. The first-order chi connectivity index (χ1) is 8.65. The van der Waals surface area contributed by atoms with Gasteiger partial charge in [0.2, 0.25) is 0 Å². The van der Waals surface area contributed by atoms with Gasteiger partial charge in [0.15, 0.2) is 0 Å².